The molecule has 5 heteroatoms. The molecular formula is C18H23N3O2. The first-order valence-electron chi connectivity index (χ1n) is 8.17. The largest absolute Gasteiger partial charge is 0.490 e. The van der Waals surface area contributed by atoms with Gasteiger partial charge in [0.2, 0.25) is 0 Å². The van der Waals surface area contributed by atoms with E-state index < -0.39 is 5.54 Å². The van der Waals surface area contributed by atoms with E-state index in [9.17, 15) is 0 Å². The predicted octanol–water partition coefficient (Wildman–Crippen LogP) is 3.76. The molecule has 1 unspecified atom stereocenters. The lowest BCUT2D eigenvalue weighted by Crippen LogP contribution is -2.44. The molecule has 23 heavy (non-hydrogen) atoms. The van der Waals surface area contributed by atoms with E-state index in [1.807, 2.05) is 30.3 Å². The fraction of sp³-hybridized carbons (Fsp3) is 0.444. The van der Waals surface area contributed by atoms with Crippen molar-refractivity contribution in [2.45, 2.75) is 51.2 Å². The van der Waals surface area contributed by atoms with Crippen LogP contribution in [0.5, 0.6) is 5.75 Å². The number of nitrogens with zero attached hydrogens (tertiary/aromatic N) is 2. The maximum absolute atomic E-state index is 6.21. The second-order valence-corrected chi connectivity index (χ2v) is 6.17. The third-order valence-electron chi connectivity index (χ3n) is 4.36. The van der Waals surface area contributed by atoms with Crippen LogP contribution < -0.4 is 10.5 Å². The fourth-order valence-electron chi connectivity index (χ4n) is 2.47. The number of rotatable bonds is 6. The minimum atomic E-state index is -0.396. The van der Waals surface area contributed by atoms with Gasteiger partial charge in [-0.3, -0.25) is 0 Å². The van der Waals surface area contributed by atoms with Crippen LogP contribution in [0.3, 0.4) is 0 Å². The Morgan fingerprint density at radius 2 is 2.13 bits per heavy atom. The number of ether oxygens (including phenoxy) is 1. The lowest BCUT2D eigenvalue weighted by Gasteiger charge is -2.34. The SMILES string of the molecule is CCC(C)Oc1ccccc1/C=C/c1nc(C2(N)CCC2)no1. The van der Waals surface area contributed by atoms with Crippen LogP contribution >= 0.6 is 0 Å². The van der Waals surface area contributed by atoms with E-state index in [2.05, 4.69) is 24.0 Å². The van der Waals surface area contributed by atoms with Gasteiger partial charge in [0.25, 0.3) is 5.89 Å². The number of hydrogen-bond acceptors (Lipinski definition) is 5. The molecule has 5 nitrogen and oxygen atoms in total. The summed E-state index contributed by atoms with van der Waals surface area (Å²) in [6.45, 7) is 4.16. The normalized spacial score (nSPS) is 17.9. The van der Waals surface area contributed by atoms with Gasteiger partial charge in [0.05, 0.1) is 11.6 Å². The summed E-state index contributed by atoms with van der Waals surface area (Å²) in [5, 5.41) is 4.01. The van der Waals surface area contributed by atoms with Crippen molar-refractivity contribution < 1.29 is 9.26 Å². The standard InChI is InChI=1S/C18H23N3O2/c1-3-13(2)22-15-8-5-4-7-14(15)9-10-16-20-17(21-23-16)18(19)11-6-12-18/h4-5,7-10,13H,3,6,11-12,19H2,1-2H3/b10-9+. The molecule has 1 aromatic carbocycles. The molecule has 1 aromatic heterocycles. The zero-order valence-electron chi connectivity index (χ0n) is 13.7. The zero-order chi connectivity index (χ0) is 16.3. The molecule has 1 saturated carbocycles. The summed E-state index contributed by atoms with van der Waals surface area (Å²) in [4.78, 5) is 4.40. The van der Waals surface area contributed by atoms with Crippen molar-refractivity contribution >= 4 is 12.2 Å². The van der Waals surface area contributed by atoms with Crippen molar-refractivity contribution in [2.75, 3.05) is 0 Å². The van der Waals surface area contributed by atoms with Crippen molar-refractivity contribution in [2.24, 2.45) is 5.73 Å². The molecule has 0 saturated heterocycles. The Kier molecular flexibility index (Phi) is 4.48. The molecule has 0 amide bonds. The zero-order valence-corrected chi connectivity index (χ0v) is 13.7. The van der Waals surface area contributed by atoms with E-state index >= 15 is 0 Å². The van der Waals surface area contributed by atoms with Crippen LogP contribution in [0.25, 0.3) is 12.2 Å². The number of aromatic nitrogens is 2. The number of para-hydroxylation sites is 1. The van der Waals surface area contributed by atoms with Gasteiger partial charge in [0.15, 0.2) is 5.82 Å². The Morgan fingerprint density at radius 3 is 2.83 bits per heavy atom. The molecule has 1 fully saturated rings. The highest BCUT2D eigenvalue weighted by atomic mass is 16.5. The first-order chi connectivity index (χ1) is 11.1. The summed E-state index contributed by atoms with van der Waals surface area (Å²) in [5.41, 5.74) is 6.80. The maximum Gasteiger partial charge on any atom is 0.250 e. The van der Waals surface area contributed by atoms with E-state index in [0.29, 0.717) is 11.7 Å². The average Bonchev–Trinajstić information content (AvgIpc) is 3.01. The highest BCUT2D eigenvalue weighted by Gasteiger charge is 2.38. The van der Waals surface area contributed by atoms with E-state index in [0.717, 1.165) is 37.0 Å². The van der Waals surface area contributed by atoms with Gasteiger partial charge in [-0.05, 0) is 44.7 Å². The van der Waals surface area contributed by atoms with Crippen molar-refractivity contribution in [3.63, 3.8) is 0 Å². The summed E-state index contributed by atoms with van der Waals surface area (Å²) in [5.74, 6) is 1.93. The molecule has 2 aromatic rings. The van der Waals surface area contributed by atoms with Gasteiger partial charge < -0.3 is 15.0 Å². The average molecular weight is 313 g/mol. The van der Waals surface area contributed by atoms with Crippen molar-refractivity contribution in [3.05, 3.63) is 41.5 Å². The second kappa shape index (κ2) is 6.54. The fourth-order valence-corrected chi connectivity index (χ4v) is 2.47. The Balaban J connectivity index is 1.75. The molecule has 0 bridgehead atoms. The van der Waals surface area contributed by atoms with Crippen LogP contribution in [0.4, 0.5) is 0 Å². The molecule has 0 spiro atoms. The topological polar surface area (TPSA) is 74.2 Å². The summed E-state index contributed by atoms with van der Waals surface area (Å²) >= 11 is 0. The minimum Gasteiger partial charge on any atom is -0.490 e. The molecule has 3 rings (SSSR count). The Hall–Kier alpha value is -2.14. The highest BCUT2D eigenvalue weighted by molar-refractivity contribution is 5.69. The van der Waals surface area contributed by atoms with E-state index in [1.54, 1.807) is 6.08 Å². The smallest absolute Gasteiger partial charge is 0.250 e. The lowest BCUT2D eigenvalue weighted by atomic mass is 9.77. The van der Waals surface area contributed by atoms with Gasteiger partial charge >= 0.3 is 0 Å². The van der Waals surface area contributed by atoms with Crippen LogP contribution in [-0.4, -0.2) is 16.2 Å². The van der Waals surface area contributed by atoms with Crippen molar-refractivity contribution in [3.8, 4) is 5.75 Å². The molecule has 1 atom stereocenters. The molecular weight excluding hydrogens is 290 g/mol. The molecule has 2 N–H and O–H groups in total. The molecule has 0 aliphatic heterocycles. The van der Waals surface area contributed by atoms with Crippen LogP contribution in [0.15, 0.2) is 28.8 Å². The summed E-state index contributed by atoms with van der Waals surface area (Å²) in [6.07, 6.45) is 7.83. The summed E-state index contributed by atoms with van der Waals surface area (Å²) in [7, 11) is 0. The van der Waals surface area contributed by atoms with E-state index in [-0.39, 0.29) is 6.10 Å². The second-order valence-electron chi connectivity index (χ2n) is 6.17. The molecule has 1 aliphatic carbocycles. The van der Waals surface area contributed by atoms with Gasteiger partial charge in [-0.15, -0.1) is 0 Å². The Bertz CT molecular complexity index is 689. The van der Waals surface area contributed by atoms with Crippen molar-refractivity contribution in [1.29, 1.82) is 0 Å². The van der Waals surface area contributed by atoms with Gasteiger partial charge in [-0.2, -0.15) is 4.98 Å². The van der Waals surface area contributed by atoms with Gasteiger partial charge in [-0.1, -0.05) is 30.3 Å². The van der Waals surface area contributed by atoms with E-state index in [4.69, 9.17) is 15.0 Å². The number of hydrogen-bond donors (Lipinski definition) is 1. The van der Waals surface area contributed by atoms with Crippen LogP contribution in [0, 0.1) is 0 Å². The van der Waals surface area contributed by atoms with E-state index in [1.165, 1.54) is 0 Å². The Labute approximate surface area is 136 Å². The molecule has 122 valence electrons. The Morgan fingerprint density at radius 1 is 1.35 bits per heavy atom. The maximum atomic E-state index is 6.21. The van der Waals surface area contributed by atoms with Gasteiger partial charge in [0.1, 0.15) is 5.75 Å². The summed E-state index contributed by atoms with van der Waals surface area (Å²) < 4.78 is 11.2. The first kappa shape index (κ1) is 15.7. The summed E-state index contributed by atoms with van der Waals surface area (Å²) in [6, 6.07) is 7.91. The molecule has 1 aliphatic rings. The number of benzene rings is 1. The third kappa shape index (κ3) is 3.45. The third-order valence-corrected chi connectivity index (χ3v) is 4.36. The first-order valence-corrected chi connectivity index (χ1v) is 8.17. The lowest BCUT2D eigenvalue weighted by molar-refractivity contribution is 0.217. The monoisotopic (exact) mass is 313 g/mol. The van der Waals surface area contributed by atoms with Gasteiger partial charge in [-0.25, -0.2) is 0 Å². The van der Waals surface area contributed by atoms with Crippen LogP contribution in [0.1, 0.15) is 56.8 Å². The van der Waals surface area contributed by atoms with Crippen molar-refractivity contribution in [1.82, 2.24) is 10.1 Å². The molecule has 0 radical (unpaired) electrons. The highest BCUT2D eigenvalue weighted by Crippen LogP contribution is 2.37. The van der Waals surface area contributed by atoms with Gasteiger partial charge in [0, 0.05) is 11.6 Å². The van der Waals surface area contributed by atoms with Crippen LogP contribution in [-0.2, 0) is 5.54 Å². The quantitative estimate of drug-likeness (QED) is 0.879. The predicted molar refractivity (Wildman–Crippen MR) is 89.8 cm³/mol. The number of nitrogens with two attached hydrogens (primary N) is 1. The minimum absolute atomic E-state index is 0.176. The molecule has 1 heterocycles. The van der Waals surface area contributed by atoms with Crippen LogP contribution in [0.2, 0.25) is 0 Å².